The maximum Gasteiger partial charge on any atom is 0.229 e. The third kappa shape index (κ3) is 3.17. The molecule has 1 aromatic rings. The molecule has 1 heterocycles. The molecule has 1 saturated heterocycles. The van der Waals surface area contributed by atoms with E-state index >= 15 is 0 Å². The summed E-state index contributed by atoms with van der Waals surface area (Å²) in [5.41, 5.74) is 7.18. The number of rotatable bonds is 3. The van der Waals surface area contributed by atoms with Gasteiger partial charge in [-0.15, -0.1) is 0 Å². The lowest BCUT2D eigenvalue weighted by molar-refractivity contribution is -0.150. The molecule has 1 aromatic carbocycles. The Morgan fingerprint density at radius 1 is 1.37 bits per heavy atom. The maximum absolute atomic E-state index is 11.9. The number of benzene rings is 1. The summed E-state index contributed by atoms with van der Waals surface area (Å²) in [5, 5.41) is 0. The number of hydrogen-bond donors (Lipinski definition) is 1. The molecule has 0 aromatic heterocycles. The molecule has 0 unspecified atom stereocenters. The summed E-state index contributed by atoms with van der Waals surface area (Å²) >= 11 is 4.92. The average molecular weight is 276 g/mol. The first kappa shape index (κ1) is 13.7. The molecule has 0 spiro atoms. The van der Waals surface area contributed by atoms with Gasteiger partial charge in [0.1, 0.15) is 4.99 Å². The molecule has 0 radical (unpaired) electrons. The topological polar surface area (TPSA) is 63.4 Å². The van der Waals surface area contributed by atoms with E-state index in [2.05, 4.69) is 0 Å². The lowest BCUT2D eigenvalue weighted by Gasteiger charge is -2.28. The number of piperidine rings is 1. The predicted molar refractivity (Wildman–Crippen MR) is 76.3 cm³/mol. The zero-order chi connectivity index (χ0) is 14.0. The molecule has 19 heavy (non-hydrogen) atoms. The van der Waals surface area contributed by atoms with Gasteiger partial charge < -0.3 is 5.73 Å². The van der Waals surface area contributed by atoms with Crippen LogP contribution < -0.4 is 5.73 Å². The van der Waals surface area contributed by atoms with Crippen LogP contribution in [0.3, 0.4) is 0 Å². The highest BCUT2D eigenvalue weighted by atomic mass is 32.1. The van der Waals surface area contributed by atoms with Gasteiger partial charge in [0.15, 0.2) is 0 Å². The van der Waals surface area contributed by atoms with Crippen LogP contribution in [0, 0.1) is 5.92 Å². The second-order valence-electron chi connectivity index (χ2n) is 4.95. The van der Waals surface area contributed by atoms with Crippen molar-refractivity contribution < 1.29 is 9.59 Å². The fourth-order valence-corrected chi connectivity index (χ4v) is 2.34. The molecule has 0 bridgehead atoms. The van der Waals surface area contributed by atoms with Crippen LogP contribution in [-0.4, -0.2) is 21.7 Å². The molecule has 2 N–H and O–H groups in total. The highest BCUT2D eigenvalue weighted by Gasteiger charge is 2.30. The monoisotopic (exact) mass is 276 g/mol. The number of nitrogens with two attached hydrogens (primary N) is 1. The molecule has 1 aliphatic rings. The third-order valence-electron chi connectivity index (χ3n) is 3.20. The van der Waals surface area contributed by atoms with E-state index in [-0.39, 0.29) is 17.7 Å². The molecule has 1 fully saturated rings. The van der Waals surface area contributed by atoms with E-state index < -0.39 is 0 Å². The van der Waals surface area contributed by atoms with Gasteiger partial charge in [-0.05, 0) is 17.5 Å². The van der Waals surface area contributed by atoms with Gasteiger partial charge in [-0.3, -0.25) is 14.5 Å². The van der Waals surface area contributed by atoms with E-state index in [4.69, 9.17) is 18.0 Å². The van der Waals surface area contributed by atoms with Crippen LogP contribution in [0.4, 0.5) is 0 Å². The van der Waals surface area contributed by atoms with Crippen molar-refractivity contribution in [2.75, 3.05) is 0 Å². The maximum atomic E-state index is 11.9. The third-order valence-corrected chi connectivity index (χ3v) is 3.44. The van der Waals surface area contributed by atoms with Crippen molar-refractivity contribution in [3.63, 3.8) is 0 Å². The molecule has 0 saturated carbocycles. The normalized spacial score (nSPS) is 16.8. The summed E-state index contributed by atoms with van der Waals surface area (Å²) in [7, 11) is 0. The molecule has 4 nitrogen and oxygen atoms in total. The quantitative estimate of drug-likeness (QED) is 0.673. The number of carbonyl (C=O) groups is 2. The summed E-state index contributed by atoms with van der Waals surface area (Å²) in [4.78, 5) is 25.4. The summed E-state index contributed by atoms with van der Waals surface area (Å²) < 4.78 is 0. The van der Waals surface area contributed by atoms with Crippen LogP contribution in [-0.2, 0) is 16.1 Å². The molecule has 100 valence electrons. The minimum atomic E-state index is -0.107. The van der Waals surface area contributed by atoms with Crippen molar-refractivity contribution in [3.8, 4) is 0 Å². The fraction of sp³-hybridized carbons (Fsp3) is 0.357. The van der Waals surface area contributed by atoms with Crippen LogP contribution in [0.25, 0.3) is 0 Å². The van der Waals surface area contributed by atoms with E-state index in [9.17, 15) is 9.59 Å². The van der Waals surface area contributed by atoms with Gasteiger partial charge in [0.25, 0.3) is 0 Å². The molecule has 2 amide bonds. The van der Waals surface area contributed by atoms with Crippen molar-refractivity contribution in [2.45, 2.75) is 26.3 Å². The number of carbonyl (C=O) groups excluding carboxylic acids is 2. The number of amides is 2. The van der Waals surface area contributed by atoms with Crippen LogP contribution in [0.1, 0.15) is 30.9 Å². The SMILES string of the molecule is CC1CC(=O)N(Cc2cccc(C(N)=S)c2)C(=O)C1. The minimum absolute atomic E-state index is 0.107. The first-order valence-electron chi connectivity index (χ1n) is 6.19. The average Bonchev–Trinajstić information content (AvgIpc) is 2.34. The smallest absolute Gasteiger partial charge is 0.229 e. The summed E-state index contributed by atoms with van der Waals surface area (Å²) in [6.07, 6.45) is 0.863. The Morgan fingerprint density at radius 3 is 2.58 bits per heavy atom. The van der Waals surface area contributed by atoms with Crippen LogP contribution in [0.15, 0.2) is 24.3 Å². The van der Waals surface area contributed by atoms with Gasteiger partial charge in [-0.2, -0.15) is 0 Å². The molecular weight excluding hydrogens is 260 g/mol. The van der Waals surface area contributed by atoms with Gasteiger partial charge in [-0.25, -0.2) is 0 Å². The molecular formula is C14H16N2O2S. The fourth-order valence-electron chi connectivity index (χ4n) is 2.21. The van der Waals surface area contributed by atoms with Crippen LogP contribution >= 0.6 is 12.2 Å². The first-order valence-corrected chi connectivity index (χ1v) is 6.60. The Kier molecular flexibility index (Phi) is 3.95. The molecule has 2 rings (SSSR count). The number of likely N-dealkylation sites (tertiary alicyclic amines) is 1. The van der Waals surface area contributed by atoms with E-state index in [1.807, 2.05) is 31.2 Å². The molecule has 0 aliphatic carbocycles. The Hall–Kier alpha value is -1.75. The molecule has 1 aliphatic heterocycles. The van der Waals surface area contributed by atoms with Gasteiger partial charge in [-0.1, -0.05) is 37.3 Å². The Balaban J connectivity index is 2.16. The second kappa shape index (κ2) is 5.48. The largest absolute Gasteiger partial charge is 0.389 e. The summed E-state index contributed by atoms with van der Waals surface area (Å²) in [5.74, 6) is -0.0758. The van der Waals surface area contributed by atoms with Crippen molar-refractivity contribution >= 4 is 29.0 Å². The van der Waals surface area contributed by atoms with Gasteiger partial charge in [0.2, 0.25) is 11.8 Å². The van der Waals surface area contributed by atoms with Gasteiger partial charge in [0, 0.05) is 18.4 Å². The Bertz CT molecular complexity index is 524. The molecule has 5 heteroatoms. The van der Waals surface area contributed by atoms with Crippen molar-refractivity contribution in [1.82, 2.24) is 4.90 Å². The highest BCUT2D eigenvalue weighted by molar-refractivity contribution is 7.80. The zero-order valence-electron chi connectivity index (χ0n) is 10.8. The van der Waals surface area contributed by atoms with Crippen LogP contribution in [0.2, 0.25) is 0 Å². The number of imide groups is 1. The summed E-state index contributed by atoms with van der Waals surface area (Å²) in [6.45, 7) is 2.21. The van der Waals surface area contributed by atoms with Crippen LogP contribution in [0.5, 0.6) is 0 Å². The Labute approximate surface area is 117 Å². The minimum Gasteiger partial charge on any atom is -0.389 e. The highest BCUT2D eigenvalue weighted by Crippen LogP contribution is 2.21. The second-order valence-corrected chi connectivity index (χ2v) is 5.39. The standard InChI is InChI=1S/C14H16N2O2S/c1-9-5-12(17)16(13(18)6-9)8-10-3-2-4-11(7-10)14(15)19/h2-4,7,9H,5-6,8H2,1H3,(H2,15,19). The summed E-state index contributed by atoms with van der Waals surface area (Å²) in [6, 6.07) is 7.32. The zero-order valence-corrected chi connectivity index (χ0v) is 11.6. The number of thiocarbonyl (C=S) groups is 1. The van der Waals surface area contributed by atoms with Gasteiger partial charge >= 0.3 is 0 Å². The van der Waals surface area contributed by atoms with Crippen molar-refractivity contribution in [3.05, 3.63) is 35.4 Å². The van der Waals surface area contributed by atoms with Crippen molar-refractivity contribution in [2.24, 2.45) is 11.7 Å². The lowest BCUT2D eigenvalue weighted by Crippen LogP contribution is -2.42. The Morgan fingerprint density at radius 2 is 2.00 bits per heavy atom. The van der Waals surface area contributed by atoms with E-state index in [1.54, 1.807) is 0 Å². The number of nitrogens with zero attached hydrogens (tertiary/aromatic N) is 1. The van der Waals surface area contributed by atoms with Crippen molar-refractivity contribution in [1.29, 1.82) is 0 Å². The first-order chi connectivity index (χ1) is 8.97. The van der Waals surface area contributed by atoms with Gasteiger partial charge in [0.05, 0.1) is 6.54 Å². The van der Waals surface area contributed by atoms with E-state index in [0.29, 0.717) is 24.4 Å². The van der Waals surface area contributed by atoms with E-state index in [0.717, 1.165) is 11.1 Å². The predicted octanol–water partition coefficient (Wildman–Crippen LogP) is 1.61. The lowest BCUT2D eigenvalue weighted by atomic mass is 9.97. The molecule has 0 atom stereocenters. The van der Waals surface area contributed by atoms with E-state index in [1.165, 1.54) is 4.90 Å². The number of hydrogen-bond acceptors (Lipinski definition) is 3.